The van der Waals surface area contributed by atoms with Gasteiger partial charge in [0.05, 0.1) is 6.10 Å². The quantitative estimate of drug-likeness (QED) is 0.617. The van der Waals surface area contributed by atoms with Gasteiger partial charge in [0, 0.05) is 13.1 Å². The van der Waals surface area contributed by atoms with Gasteiger partial charge in [0.15, 0.2) is 0 Å². The molecule has 0 radical (unpaired) electrons. The van der Waals surface area contributed by atoms with Gasteiger partial charge in [-0.1, -0.05) is 36.5 Å². The molecule has 1 N–H and O–H groups in total. The van der Waals surface area contributed by atoms with Gasteiger partial charge in [0.1, 0.15) is 0 Å². The number of aliphatic hydroxyl groups is 1. The van der Waals surface area contributed by atoms with Crippen LogP contribution in [0.25, 0.3) is 0 Å². The highest BCUT2D eigenvalue weighted by atomic mass is 16.3. The molecule has 0 spiro atoms. The van der Waals surface area contributed by atoms with Gasteiger partial charge in [-0.15, -0.1) is 6.58 Å². The topological polar surface area (TPSA) is 23.5 Å². The third-order valence-electron chi connectivity index (χ3n) is 2.70. The van der Waals surface area contributed by atoms with Crippen LogP contribution in [0.15, 0.2) is 48.6 Å². The second kappa shape index (κ2) is 10.8. The van der Waals surface area contributed by atoms with E-state index in [1.807, 2.05) is 20.8 Å². The molecule has 0 bridgehead atoms. The number of likely N-dealkylation sites (tertiary alicyclic amines) is 1. The van der Waals surface area contributed by atoms with Gasteiger partial charge in [0.2, 0.25) is 0 Å². The van der Waals surface area contributed by atoms with E-state index in [0.29, 0.717) is 0 Å². The van der Waals surface area contributed by atoms with Crippen molar-refractivity contribution in [2.24, 2.45) is 0 Å². The predicted molar refractivity (Wildman–Crippen MR) is 85.3 cm³/mol. The maximum Gasteiger partial charge on any atom is 0.0667 e. The molecule has 0 aromatic rings. The Labute approximate surface area is 118 Å². The van der Waals surface area contributed by atoms with Crippen molar-refractivity contribution in [2.45, 2.75) is 39.7 Å². The number of hydrogen-bond donors (Lipinski definition) is 1. The molecule has 0 aromatic carbocycles. The fraction of sp³-hybridized carbons (Fsp3) is 0.529. The number of nitrogens with zero attached hydrogens (tertiary/aromatic N) is 1. The van der Waals surface area contributed by atoms with Crippen molar-refractivity contribution in [1.82, 2.24) is 4.90 Å². The molecule has 0 aliphatic carbocycles. The van der Waals surface area contributed by atoms with E-state index in [2.05, 4.69) is 36.3 Å². The van der Waals surface area contributed by atoms with Crippen molar-refractivity contribution in [3.63, 3.8) is 0 Å². The van der Waals surface area contributed by atoms with Crippen LogP contribution in [0.2, 0.25) is 0 Å². The van der Waals surface area contributed by atoms with Crippen molar-refractivity contribution in [2.75, 3.05) is 19.6 Å². The standard InChI is InChI=1S/C14H23NO.C3H6/c1-4-6-13(9-12(2)3)10-15-8-5-7-14(16)11-15;1-3-2/h4,6,9,14,16H,2,5,7-8,10-11H2,1,3H3;3H,1H2,2H3/b6-4-,13-9+;. The molecule has 0 aromatic heterocycles. The first kappa shape index (κ1) is 17.9. The lowest BCUT2D eigenvalue weighted by atomic mass is 10.1. The van der Waals surface area contributed by atoms with Crippen LogP contribution in [0.1, 0.15) is 33.6 Å². The first-order chi connectivity index (χ1) is 9.03. The molecule has 2 nitrogen and oxygen atoms in total. The minimum absolute atomic E-state index is 0.148. The number of piperidine rings is 1. The summed E-state index contributed by atoms with van der Waals surface area (Å²) in [7, 11) is 0. The lowest BCUT2D eigenvalue weighted by molar-refractivity contribution is 0.0761. The van der Waals surface area contributed by atoms with Gasteiger partial charge in [0.25, 0.3) is 0 Å². The van der Waals surface area contributed by atoms with E-state index in [9.17, 15) is 5.11 Å². The van der Waals surface area contributed by atoms with Crippen molar-refractivity contribution < 1.29 is 5.11 Å². The Kier molecular flexibility index (Phi) is 10.1. The van der Waals surface area contributed by atoms with Crippen LogP contribution in [0.4, 0.5) is 0 Å². The van der Waals surface area contributed by atoms with Gasteiger partial charge in [-0.3, -0.25) is 4.90 Å². The summed E-state index contributed by atoms with van der Waals surface area (Å²) in [6.45, 7) is 16.0. The molecule has 0 amide bonds. The molecule has 1 saturated heterocycles. The fourth-order valence-corrected chi connectivity index (χ4v) is 2.11. The average molecular weight is 263 g/mol. The maximum absolute atomic E-state index is 9.61. The number of β-amino-alcohol motifs (C(OH)–C–C–N with tert-alkyl or cyclic N) is 1. The lowest BCUT2D eigenvalue weighted by Crippen LogP contribution is -2.39. The average Bonchev–Trinajstić information content (AvgIpc) is 2.29. The van der Waals surface area contributed by atoms with Crippen LogP contribution in [-0.4, -0.2) is 35.7 Å². The highest BCUT2D eigenvalue weighted by Crippen LogP contribution is 2.13. The molecular formula is C17H29NO. The molecule has 1 heterocycles. The SMILES string of the molecule is C=C(C)/C=C(\C=C/C)CN1CCCC(O)C1.C=CC. The second-order valence-corrected chi connectivity index (χ2v) is 5.01. The van der Waals surface area contributed by atoms with Gasteiger partial charge in [-0.2, -0.15) is 0 Å². The molecule has 19 heavy (non-hydrogen) atoms. The van der Waals surface area contributed by atoms with Crippen LogP contribution in [0.5, 0.6) is 0 Å². The van der Waals surface area contributed by atoms with Crippen LogP contribution in [-0.2, 0) is 0 Å². The summed E-state index contributed by atoms with van der Waals surface area (Å²) in [6, 6.07) is 0. The summed E-state index contributed by atoms with van der Waals surface area (Å²) in [5, 5.41) is 9.61. The highest BCUT2D eigenvalue weighted by Gasteiger charge is 2.17. The molecule has 1 atom stereocenters. The predicted octanol–water partition coefficient (Wildman–Crippen LogP) is 3.71. The first-order valence-electron chi connectivity index (χ1n) is 6.99. The largest absolute Gasteiger partial charge is 0.392 e. The third kappa shape index (κ3) is 9.46. The summed E-state index contributed by atoms with van der Waals surface area (Å²) in [5.41, 5.74) is 2.34. The van der Waals surface area contributed by atoms with Gasteiger partial charge >= 0.3 is 0 Å². The van der Waals surface area contributed by atoms with E-state index >= 15 is 0 Å². The Hall–Kier alpha value is -1.12. The Balaban J connectivity index is 0.000000982. The van der Waals surface area contributed by atoms with Crippen LogP contribution in [0, 0.1) is 0 Å². The Morgan fingerprint density at radius 3 is 2.53 bits per heavy atom. The smallest absolute Gasteiger partial charge is 0.0667 e. The zero-order valence-electron chi connectivity index (χ0n) is 12.7. The summed E-state index contributed by atoms with van der Waals surface area (Å²) in [4.78, 5) is 2.31. The van der Waals surface area contributed by atoms with Gasteiger partial charge < -0.3 is 5.11 Å². The summed E-state index contributed by atoms with van der Waals surface area (Å²) < 4.78 is 0. The van der Waals surface area contributed by atoms with E-state index in [0.717, 1.165) is 38.0 Å². The van der Waals surface area contributed by atoms with E-state index < -0.39 is 0 Å². The monoisotopic (exact) mass is 263 g/mol. The second-order valence-electron chi connectivity index (χ2n) is 5.01. The van der Waals surface area contributed by atoms with Crippen molar-refractivity contribution in [3.05, 3.63) is 48.6 Å². The van der Waals surface area contributed by atoms with E-state index in [4.69, 9.17) is 0 Å². The summed E-state index contributed by atoms with van der Waals surface area (Å²) in [5.74, 6) is 0. The van der Waals surface area contributed by atoms with E-state index in [-0.39, 0.29) is 6.10 Å². The first-order valence-corrected chi connectivity index (χ1v) is 6.99. The molecule has 2 heteroatoms. The Morgan fingerprint density at radius 2 is 2.05 bits per heavy atom. The van der Waals surface area contributed by atoms with Crippen LogP contribution in [0.3, 0.4) is 0 Å². The van der Waals surface area contributed by atoms with Gasteiger partial charge in [-0.05, 0) is 45.7 Å². The van der Waals surface area contributed by atoms with Gasteiger partial charge in [-0.25, -0.2) is 0 Å². The minimum atomic E-state index is -0.148. The number of rotatable bonds is 4. The molecule has 108 valence electrons. The number of aliphatic hydroxyl groups excluding tert-OH is 1. The molecule has 1 fully saturated rings. The van der Waals surface area contributed by atoms with E-state index in [1.165, 1.54) is 5.57 Å². The molecular weight excluding hydrogens is 234 g/mol. The summed E-state index contributed by atoms with van der Waals surface area (Å²) in [6.07, 6.45) is 9.92. The minimum Gasteiger partial charge on any atom is -0.392 e. The molecule has 1 aliphatic rings. The Morgan fingerprint density at radius 1 is 1.42 bits per heavy atom. The lowest BCUT2D eigenvalue weighted by Gasteiger charge is -2.30. The Bertz CT molecular complexity index is 328. The normalized spacial score (nSPS) is 20.8. The third-order valence-corrected chi connectivity index (χ3v) is 2.70. The van der Waals surface area contributed by atoms with E-state index in [1.54, 1.807) is 6.08 Å². The fourth-order valence-electron chi connectivity index (χ4n) is 2.11. The maximum atomic E-state index is 9.61. The molecule has 0 saturated carbocycles. The number of hydrogen-bond acceptors (Lipinski definition) is 2. The van der Waals surface area contributed by atoms with Crippen LogP contribution < -0.4 is 0 Å². The zero-order chi connectivity index (χ0) is 14.7. The number of allylic oxidation sites excluding steroid dienone is 4. The van der Waals surface area contributed by atoms with Crippen molar-refractivity contribution >= 4 is 0 Å². The van der Waals surface area contributed by atoms with Crippen molar-refractivity contribution in [3.8, 4) is 0 Å². The summed E-state index contributed by atoms with van der Waals surface area (Å²) >= 11 is 0. The molecule has 1 rings (SSSR count). The highest BCUT2D eigenvalue weighted by molar-refractivity contribution is 5.28. The van der Waals surface area contributed by atoms with Crippen molar-refractivity contribution in [1.29, 1.82) is 0 Å². The zero-order valence-corrected chi connectivity index (χ0v) is 12.7. The molecule has 1 aliphatic heterocycles. The molecule has 1 unspecified atom stereocenters. The van der Waals surface area contributed by atoms with Crippen LogP contribution >= 0.6 is 0 Å².